The van der Waals surface area contributed by atoms with E-state index in [-0.39, 0.29) is 5.82 Å². The van der Waals surface area contributed by atoms with Crippen LogP contribution in [0, 0.1) is 5.82 Å². The molecular formula is C17H22FN3. The monoisotopic (exact) mass is 287 g/mol. The van der Waals surface area contributed by atoms with Gasteiger partial charge in [0.25, 0.3) is 0 Å². The summed E-state index contributed by atoms with van der Waals surface area (Å²) in [5.74, 6) is -0.211. The molecular weight excluding hydrogens is 265 g/mol. The zero-order valence-corrected chi connectivity index (χ0v) is 12.6. The number of aromatic nitrogens is 1. The number of halogens is 1. The molecule has 21 heavy (non-hydrogen) atoms. The molecule has 0 fully saturated rings. The van der Waals surface area contributed by atoms with E-state index in [1.807, 2.05) is 18.3 Å². The highest BCUT2D eigenvalue weighted by molar-refractivity contribution is 5.48. The summed E-state index contributed by atoms with van der Waals surface area (Å²) in [6, 6.07) is 10.7. The first kappa shape index (κ1) is 15.3. The first-order valence-corrected chi connectivity index (χ1v) is 7.42. The van der Waals surface area contributed by atoms with E-state index in [1.165, 1.54) is 6.07 Å². The lowest BCUT2D eigenvalue weighted by Crippen LogP contribution is -2.22. The van der Waals surface area contributed by atoms with Crippen LogP contribution in [0.15, 0.2) is 42.6 Å². The molecule has 0 atom stereocenters. The fraction of sp³-hybridized carbons (Fsp3) is 0.353. The Morgan fingerprint density at radius 3 is 2.76 bits per heavy atom. The first-order chi connectivity index (χ1) is 10.2. The molecule has 0 amide bonds. The van der Waals surface area contributed by atoms with Gasteiger partial charge in [-0.1, -0.05) is 13.0 Å². The van der Waals surface area contributed by atoms with Gasteiger partial charge in [0, 0.05) is 30.7 Å². The van der Waals surface area contributed by atoms with E-state index in [0.717, 1.165) is 36.6 Å². The molecule has 0 saturated carbocycles. The van der Waals surface area contributed by atoms with Crippen molar-refractivity contribution in [3.8, 4) is 0 Å². The van der Waals surface area contributed by atoms with Gasteiger partial charge in [-0.15, -0.1) is 0 Å². The van der Waals surface area contributed by atoms with Crippen molar-refractivity contribution in [2.45, 2.75) is 26.8 Å². The van der Waals surface area contributed by atoms with E-state index < -0.39 is 0 Å². The average molecular weight is 287 g/mol. The molecule has 3 nitrogen and oxygen atoms in total. The second kappa shape index (κ2) is 7.62. The lowest BCUT2D eigenvalue weighted by Gasteiger charge is -2.23. The third kappa shape index (κ3) is 4.45. The summed E-state index contributed by atoms with van der Waals surface area (Å²) in [5.41, 5.74) is 2.94. The summed E-state index contributed by atoms with van der Waals surface area (Å²) in [7, 11) is 0. The Kier molecular flexibility index (Phi) is 5.55. The molecule has 1 N–H and O–H groups in total. The molecule has 1 aromatic carbocycles. The molecule has 0 bridgehead atoms. The second-order valence-corrected chi connectivity index (χ2v) is 4.96. The van der Waals surface area contributed by atoms with Crippen LogP contribution >= 0.6 is 0 Å². The fourth-order valence-corrected chi connectivity index (χ4v) is 2.20. The van der Waals surface area contributed by atoms with Gasteiger partial charge in [-0.3, -0.25) is 4.98 Å². The summed E-state index contributed by atoms with van der Waals surface area (Å²) >= 11 is 0. The molecule has 0 aliphatic carbocycles. The molecule has 1 heterocycles. The minimum Gasteiger partial charge on any atom is -0.385 e. The third-order valence-electron chi connectivity index (χ3n) is 3.30. The van der Waals surface area contributed by atoms with E-state index in [4.69, 9.17) is 0 Å². The summed E-state index contributed by atoms with van der Waals surface area (Å²) in [6.45, 7) is 6.62. The van der Waals surface area contributed by atoms with Gasteiger partial charge >= 0.3 is 0 Å². The lowest BCUT2D eigenvalue weighted by molar-refractivity contribution is 0.626. The van der Waals surface area contributed by atoms with E-state index in [0.29, 0.717) is 6.54 Å². The number of pyridine rings is 1. The average Bonchev–Trinajstić information content (AvgIpc) is 2.51. The number of nitrogens with zero attached hydrogens (tertiary/aromatic N) is 2. The van der Waals surface area contributed by atoms with Crippen LogP contribution in [0.25, 0.3) is 0 Å². The van der Waals surface area contributed by atoms with Gasteiger partial charge in [0.1, 0.15) is 5.82 Å². The maximum Gasteiger partial charge on any atom is 0.125 e. The molecule has 2 aromatic rings. The van der Waals surface area contributed by atoms with Gasteiger partial charge in [-0.25, -0.2) is 4.39 Å². The van der Waals surface area contributed by atoms with Crippen molar-refractivity contribution in [3.05, 3.63) is 54.1 Å². The predicted octanol–water partition coefficient (Wildman–Crippen LogP) is 4.07. The Labute approximate surface area is 125 Å². The van der Waals surface area contributed by atoms with Crippen LogP contribution < -0.4 is 10.2 Å². The Hall–Kier alpha value is -2.10. The zero-order chi connectivity index (χ0) is 15.1. The van der Waals surface area contributed by atoms with Gasteiger partial charge in [0.15, 0.2) is 0 Å². The van der Waals surface area contributed by atoms with Crippen LogP contribution in [-0.2, 0) is 6.54 Å². The van der Waals surface area contributed by atoms with Crippen LogP contribution in [0.5, 0.6) is 0 Å². The smallest absolute Gasteiger partial charge is 0.125 e. The van der Waals surface area contributed by atoms with Crippen molar-refractivity contribution < 1.29 is 4.39 Å². The van der Waals surface area contributed by atoms with E-state index in [2.05, 4.69) is 35.1 Å². The van der Waals surface area contributed by atoms with Crippen LogP contribution in [0.2, 0.25) is 0 Å². The van der Waals surface area contributed by atoms with Crippen LogP contribution in [0.4, 0.5) is 15.8 Å². The SMILES string of the molecule is CCCNc1ccnc(CN(CC)c2cccc(F)c2)c1. The molecule has 0 saturated heterocycles. The summed E-state index contributed by atoms with van der Waals surface area (Å²) in [6.07, 6.45) is 2.90. The van der Waals surface area contributed by atoms with Crippen LogP contribution in [-0.4, -0.2) is 18.1 Å². The molecule has 4 heteroatoms. The number of benzene rings is 1. The highest BCUT2D eigenvalue weighted by Gasteiger charge is 2.07. The van der Waals surface area contributed by atoms with Gasteiger partial charge in [-0.05, 0) is 43.7 Å². The highest BCUT2D eigenvalue weighted by Crippen LogP contribution is 2.18. The highest BCUT2D eigenvalue weighted by atomic mass is 19.1. The number of anilines is 2. The summed E-state index contributed by atoms with van der Waals surface area (Å²) in [5, 5.41) is 3.36. The normalized spacial score (nSPS) is 10.4. The Balaban J connectivity index is 2.11. The van der Waals surface area contributed by atoms with Crippen molar-refractivity contribution in [2.75, 3.05) is 23.3 Å². The Morgan fingerprint density at radius 2 is 2.05 bits per heavy atom. The third-order valence-corrected chi connectivity index (χ3v) is 3.30. The molecule has 2 rings (SSSR count). The maximum atomic E-state index is 13.4. The largest absolute Gasteiger partial charge is 0.385 e. The topological polar surface area (TPSA) is 28.2 Å². The van der Waals surface area contributed by atoms with Gasteiger partial charge in [-0.2, -0.15) is 0 Å². The molecule has 0 radical (unpaired) electrons. The van der Waals surface area contributed by atoms with Gasteiger partial charge < -0.3 is 10.2 Å². The van der Waals surface area contributed by atoms with Crippen LogP contribution in [0.1, 0.15) is 26.0 Å². The summed E-state index contributed by atoms with van der Waals surface area (Å²) < 4.78 is 13.4. The fourth-order valence-electron chi connectivity index (χ4n) is 2.20. The van der Waals surface area contributed by atoms with Gasteiger partial charge in [0.2, 0.25) is 0 Å². The van der Waals surface area contributed by atoms with Crippen molar-refractivity contribution in [1.82, 2.24) is 4.98 Å². The Bertz CT molecular complexity index is 571. The molecule has 1 aromatic heterocycles. The standard InChI is InChI=1S/C17H22FN3/c1-3-9-19-15-8-10-20-16(12-15)13-21(4-2)17-7-5-6-14(18)11-17/h5-8,10-12H,3-4,9,13H2,1-2H3,(H,19,20). The van der Waals surface area contributed by atoms with Crippen molar-refractivity contribution in [2.24, 2.45) is 0 Å². The summed E-state index contributed by atoms with van der Waals surface area (Å²) in [4.78, 5) is 6.51. The predicted molar refractivity (Wildman–Crippen MR) is 86.1 cm³/mol. The quantitative estimate of drug-likeness (QED) is 0.832. The Morgan fingerprint density at radius 1 is 1.19 bits per heavy atom. The maximum absolute atomic E-state index is 13.4. The lowest BCUT2D eigenvalue weighted by atomic mass is 10.2. The van der Waals surface area contributed by atoms with E-state index >= 15 is 0 Å². The molecule has 0 aliphatic rings. The number of nitrogens with one attached hydrogen (secondary N) is 1. The van der Waals surface area contributed by atoms with Crippen molar-refractivity contribution in [3.63, 3.8) is 0 Å². The molecule has 0 unspecified atom stereocenters. The first-order valence-electron chi connectivity index (χ1n) is 7.42. The zero-order valence-electron chi connectivity index (χ0n) is 12.6. The minimum absolute atomic E-state index is 0.211. The minimum atomic E-state index is -0.211. The van der Waals surface area contributed by atoms with Crippen LogP contribution in [0.3, 0.4) is 0 Å². The molecule has 112 valence electrons. The van der Waals surface area contributed by atoms with Crippen molar-refractivity contribution in [1.29, 1.82) is 0 Å². The number of hydrogen-bond acceptors (Lipinski definition) is 3. The van der Waals surface area contributed by atoms with E-state index in [9.17, 15) is 4.39 Å². The molecule has 0 aliphatic heterocycles. The number of hydrogen-bond donors (Lipinski definition) is 1. The van der Waals surface area contributed by atoms with Crippen molar-refractivity contribution >= 4 is 11.4 Å². The van der Waals surface area contributed by atoms with E-state index in [1.54, 1.807) is 12.1 Å². The molecule has 0 spiro atoms. The number of rotatable bonds is 7. The second-order valence-electron chi connectivity index (χ2n) is 4.96. The van der Waals surface area contributed by atoms with Gasteiger partial charge in [0.05, 0.1) is 12.2 Å².